The van der Waals surface area contributed by atoms with Crippen LogP contribution >= 0.6 is 0 Å². The molecule has 5 nitrogen and oxygen atoms in total. The Labute approximate surface area is 117 Å². The van der Waals surface area contributed by atoms with Crippen molar-refractivity contribution in [2.45, 2.75) is 32.2 Å². The number of anilines is 1. The van der Waals surface area contributed by atoms with E-state index in [4.69, 9.17) is 4.74 Å². The molecule has 20 heavy (non-hydrogen) atoms. The zero-order valence-electron chi connectivity index (χ0n) is 11.4. The number of carbonyl (C=O) groups is 1. The standard InChI is InChI=1S/C15H17N3O2/c1-2-20-15(19)14-13(16-10-6-5-7-10)11-8-3-4-9-12(11)17-18-14/h3-4,8-10H,2,5-7H2,1H3,(H,16,17). The highest BCUT2D eigenvalue weighted by atomic mass is 16.5. The second kappa shape index (κ2) is 5.45. The maximum Gasteiger partial charge on any atom is 0.361 e. The average molecular weight is 271 g/mol. The molecule has 0 aliphatic heterocycles. The number of rotatable bonds is 4. The SMILES string of the molecule is CCOC(=O)c1nnc2ccccc2c1NC1CCC1. The monoisotopic (exact) mass is 271 g/mol. The molecule has 0 saturated heterocycles. The van der Waals surface area contributed by atoms with Crippen LogP contribution in [-0.2, 0) is 4.74 Å². The van der Waals surface area contributed by atoms with Gasteiger partial charge in [0.1, 0.15) is 0 Å². The van der Waals surface area contributed by atoms with E-state index in [1.54, 1.807) is 6.92 Å². The van der Waals surface area contributed by atoms with Gasteiger partial charge in [-0.15, -0.1) is 10.2 Å². The molecule has 5 heteroatoms. The van der Waals surface area contributed by atoms with Crippen molar-refractivity contribution < 1.29 is 9.53 Å². The maximum atomic E-state index is 12.0. The number of nitrogens with zero attached hydrogens (tertiary/aromatic N) is 2. The van der Waals surface area contributed by atoms with Crippen LogP contribution in [0.4, 0.5) is 5.69 Å². The van der Waals surface area contributed by atoms with Crippen molar-refractivity contribution in [3.63, 3.8) is 0 Å². The highest BCUT2D eigenvalue weighted by Gasteiger charge is 2.23. The van der Waals surface area contributed by atoms with Crippen LogP contribution in [0.5, 0.6) is 0 Å². The molecule has 1 fully saturated rings. The minimum atomic E-state index is -0.424. The fourth-order valence-corrected chi connectivity index (χ4v) is 2.30. The van der Waals surface area contributed by atoms with Crippen molar-refractivity contribution in [2.24, 2.45) is 0 Å². The first-order valence-corrected chi connectivity index (χ1v) is 6.98. The highest BCUT2D eigenvalue weighted by Crippen LogP contribution is 2.30. The highest BCUT2D eigenvalue weighted by molar-refractivity contribution is 6.03. The number of fused-ring (bicyclic) bond motifs is 1. The van der Waals surface area contributed by atoms with Crippen molar-refractivity contribution >= 4 is 22.6 Å². The van der Waals surface area contributed by atoms with E-state index in [0.717, 1.165) is 29.4 Å². The number of hydrogen-bond acceptors (Lipinski definition) is 5. The van der Waals surface area contributed by atoms with Crippen molar-refractivity contribution in [1.82, 2.24) is 10.2 Å². The normalized spacial score (nSPS) is 14.8. The van der Waals surface area contributed by atoms with Gasteiger partial charge < -0.3 is 10.1 Å². The molecular formula is C15H17N3O2. The molecule has 1 aliphatic carbocycles. The number of benzene rings is 1. The first-order valence-electron chi connectivity index (χ1n) is 6.98. The maximum absolute atomic E-state index is 12.0. The molecule has 104 valence electrons. The number of nitrogens with one attached hydrogen (secondary N) is 1. The van der Waals surface area contributed by atoms with Crippen LogP contribution < -0.4 is 5.32 Å². The molecule has 0 unspecified atom stereocenters. The second-order valence-electron chi connectivity index (χ2n) is 4.93. The Hall–Kier alpha value is -2.17. The fourth-order valence-electron chi connectivity index (χ4n) is 2.30. The zero-order chi connectivity index (χ0) is 13.9. The molecule has 1 aliphatic rings. The Morgan fingerprint density at radius 1 is 1.35 bits per heavy atom. The molecule has 2 aromatic rings. The van der Waals surface area contributed by atoms with Crippen LogP contribution in [-0.4, -0.2) is 28.8 Å². The summed E-state index contributed by atoms with van der Waals surface area (Å²) in [5.74, 6) is -0.424. The summed E-state index contributed by atoms with van der Waals surface area (Å²) in [4.78, 5) is 12.0. The largest absolute Gasteiger partial charge is 0.461 e. The van der Waals surface area contributed by atoms with Gasteiger partial charge in [0.05, 0.1) is 17.8 Å². The predicted molar refractivity (Wildman–Crippen MR) is 76.8 cm³/mol. The molecule has 0 bridgehead atoms. The van der Waals surface area contributed by atoms with Crippen LogP contribution in [0.3, 0.4) is 0 Å². The van der Waals surface area contributed by atoms with E-state index in [1.807, 2.05) is 24.3 Å². The Balaban J connectivity index is 2.07. The minimum Gasteiger partial charge on any atom is -0.461 e. The summed E-state index contributed by atoms with van der Waals surface area (Å²) < 4.78 is 5.07. The lowest BCUT2D eigenvalue weighted by atomic mass is 9.92. The van der Waals surface area contributed by atoms with E-state index in [0.29, 0.717) is 12.6 Å². The van der Waals surface area contributed by atoms with E-state index in [1.165, 1.54) is 6.42 Å². The molecule has 1 saturated carbocycles. The Kier molecular flexibility index (Phi) is 3.50. The van der Waals surface area contributed by atoms with E-state index in [2.05, 4.69) is 15.5 Å². The topological polar surface area (TPSA) is 64.1 Å². The molecule has 0 amide bonds. The molecule has 3 rings (SSSR count). The van der Waals surface area contributed by atoms with Gasteiger partial charge in [0, 0.05) is 11.4 Å². The third kappa shape index (κ3) is 2.31. The van der Waals surface area contributed by atoms with Crippen LogP contribution in [0.15, 0.2) is 24.3 Å². The Morgan fingerprint density at radius 2 is 2.15 bits per heavy atom. The fraction of sp³-hybridized carbons (Fsp3) is 0.400. The number of aromatic nitrogens is 2. The van der Waals surface area contributed by atoms with Gasteiger partial charge in [-0.2, -0.15) is 0 Å². The Bertz CT molecular complexity index is 638. The summed E-state index contributed by atoms with van der Waals surface area (Å²) in [7, 11) is 0. The van der Waals surface area contributed by atoms with Gasteiger partial charge in [0.25, 0.3) is 0 Å². The van der Waals surface area contributed by atoms with Gasteiger partial charge in [0.2, 0.25) is 0 Å². The van der Waals surface area contributed by atoms with Crippen molar-refractivity contribution in [1.29, 1.82) is 0 Å². The lowest BCUT2D eigenvalue weighted by molar-refractivity contribution is 0.0519. The molecule has 0 radical (unpaired) electrons. The van der Waals surface area contributed by atoms with E-state index in [9.17, 15) is 4.79 Å². The quantitative estimate of drug-likeness (QED) is 0.866. The minimum absolute atomic E-state index is 0.275. The molecule has 0 atom stereocenters. The lowest BCUT2D eigenvalue weighted by Crippen LogP contribution is -2.28. The van der Waals surface area contributed by atoms with Crippen molar-refractivity contribution in [2.75, 3.05) is 11.9 Å². The van der Waals surface area contributed by atoms with Gasteiger partial charge in [-0.05, 0) is 32.3 Å². The first-order chi connectivity index (χ1) is 9.79. The molecule has 1 N–H and O–H groups in total. The van der Waals surface area contributed by atoms with Gasteiger partial charge in [-0.25, -0.2) is 4.79 Å². The summed E-state index contributed by atoms with van der Waals surface area (Å²) in [6.07, 6.45) is 3.47. The molecular weight excluding hydrogens is 254 g/mol. The lowest BCUT2D eigenvalue weighted by Gasteiger charge is -2.28. The van der Waals surface area contributed by atoms with Gasteiger partial charge >= 0.3 is 5.97 Å². The molecule has 1 aromatic carbocycles. The van der Waals surface area contributed by atoms with E-state index in [-0.39, 0.29) is 5.69 Å². The third-order valence-electron chi connectivity index (χ3n) is 3.59. The summed E-state index contributed by atoms with van der Waals surface area (Å²) in [5, 5.41) is 12.5. The van der Waals surface area contributed by atoms with Gasteiger partial charge in [-0.3, -0.25) is 0 Å². The van der Waals surface area contributed by atoms with Gasteiger partial charge in [0.15, 0.2) is 5.69 Å². The second-order valence-corrected chi connectivity index (χ2v) is 4.93. The van der Waals surface area contributed by atoms with Crippen molar-refractivity contribution in [3.8, 4) is 0 Å². The molecule has 1 heterocycles. The number of ether oxygens (including phenoxy) is 1. The summed E-state index contributed by atoms with van der Waals surface area (Å²) in [5.41, 5.74) is 1.80. The molecule has 0 spiro atoms. The molecule has 1 aromatic heterocycles. The predicted octanol–water partition coefficient (Wildman–Crippen LogP) is 2.77. The number of hydrogen-bond donors (Lipinski definition) is 1. The van der Waals surface area contributed by atoms with Crippen LogP contribution in [0.2, 0.25) is 0 Å². The average Bonchev–Trinajstić information content (AvgIpc) is 2.42. The third-order valence-corrected chi connectivity index (χ3v) is 3.59. The first kappa shape index (κ1) is 12.8. The van der Waals surface area contributed by atoms with E-state index >= 15 is 0 Å². The number of carbonyl (C=O) groups excluding carboxylic acids is 1. The Morgan fingerprint density at radius 3 is 2.85 bits per heavy atom. The number of esters is 1. The van der Waals surface area contributed by atoms with E-state index < -0.39 is 5.97 Å². The summed E-state index contributed by atoms with van der Waals surface area (Å²) >= 11 is 0. The van der Waals surface area contributed by atoms with Crippen molar-refractivity contribution in [3.05, 3.63) is 30.0 Å². The summed E-state index contributed by atoms with van der Waals surface area (Å²) in [6, 6.07) is 8.10. The smallest absolute Gasteiger partial charge is 0.361 e. The van der Waals surface area contributed by atoms with Crippen LogP contribution in [0.25, 0.3) is 10.9 Å². The summed E-state index contributed by atoms with van der Waals surface area (Å²) in [6.45, 7) is 2.11. The van der Waals surface area contributed by atoms with Gasteiger partial charge in [-0.1, -0.05) is 18.2 Å². The zero-order valence-corrected chi connectivity index (χ0v) is 11.4. The van der Waals surface area contributed by atoms with Crippen LogP contribution in [0.1, 0.15) is 36.7 Å². The van der Waals surface area contributed by atoms with Crippen LogP contribution in [0, 0.1) is 0 Å².